The number of rotatable bonds is 1. The van der Waals surface area contributed by atoms with Crippen LogP contribution in [0.15, 0.2) is 54.6 Å². The summed E-state index contributed by atoms with van der Waals surface area (Å²) in [5, 5.41) is 1.84. The van der Waals surface area contributed by atoms with Crippen molar-refractivity contribution in [3.8, 4) is 11.1 Å². The van der Waals surface area contributed by atoms with Crippen LogP contribution in [0.2, 0.25) is 5.02 Å². The summed E-state index contributed by atoms with van der Waals surface area (Å²) in [5.41, 5.74) is 4.37. The van der Waals surface area contributed by atoms with Crippen molar-refractivity contribution in [3.05, 3.63) is 65.3 Å². The minimum absolute atomic E-state index is 0.741. The quantitative estimate of drug-likeness (QED) is 0.603. The van der Waals surface area contributed by atoms with E-state index in [-0.39, 0.29) is 0 Å². The van der Waals surface area contributed by atoms with Crippen LogP contribution in [0.4, 0.5) is 0 Å². The Morgan fingerprint density at radius 2 is 1.72 bits per heavy atom. The normalized spacial score (nSPS) is 10.8. The van der Waals surface area contributed by atoms with Crippen LogP contribution in [0.25, 0.3) is 22.0 Å². The lowest BCUT2D eigenvalue weighted by Gasteiger charge is -2.08. The zero-order valence-electron chi connectivity index (χ0n) is 10.0. The predicted octanol–water partition coefficient (Wildman–Crippen LogP) is 4.86. The zero-order chi connectivity index (χ0) is 12.5. The lowest BCUT2D eigenvalue weighted by atomic mass is 10.0. The van der Waals surface area contributed by atoms with Gasteiger partial charge in [-0.2, -0.15) is 0 Å². The first-order chi connectivity index (χ1) is 8.74. The monoisotopic (exact) mass is 253 g/mol. The van der Waals surface area contributed by atoms with Gasteiger partial charge in [0.25, 0.3) is 0 Å². The maximum Gasteiger partial charge on any atom is 0.0712 e. The highest BCUT2D eigenvalue weighted by Gasteiger charge is 2.06. The molecular weight excluding hydrogens is 242 g/mol. The van der Waals surface area contributed by atoms with Crippen LogP contribution < -0.4 is 0 Å². The molecule has 0 atom stereocenters. The molecule has 0 unspecified atom stereocenters. The van der Waals surface area contributed by atoms with Crippen LogP contribution >= 0.6 is 11.6 Å². The zero-order valence-corrected chi connectivity index (χ0v) is 10.8. The highest BCUT2D eigenvalue weighted by molar-refractivity contribution is 6.31. The maximum absolute atomic E-state index is 6.09. The summed E-state index contributed by atoms with van der Waals surface area (Å²) in [7, 11) is 0. The van der Waals surface area contributed by atoms with Crippen molar-refractivity contribution in [1.29, 1.82) is 0 Å². The van der Waals surface area contributed by atoms with Crippen LogP contribution in [0.3, 0.4) is 0 Å². The van der Waals surface area contributed by atoms with E-state index in [0.29, 0.717) is 0 Å². The molecule has 1 heterocycles. The van der Waals surface area contributed by atoms with Gasteiger partial charge in [-0.15, -0.1) is 0 Å². The number of hydrogen-bond donors (Lipinski definition) is 0. The van der Waals surface area contributed by atoms with Crippen LogP contribution in [-0.4, -0.2) is 4.98 Å². The van der Waals surface area contributed by atoms with Gasteiger partial charge in [0.05, 0.1) is 5.52 Å². The molecule has 0 aliphatic rings. The molecule has 88 valence electrons. The number of halogens is 1. The van der Waals surface area contributed by atoms with E-state index in [9.17, 15) is 0 Å². The Labute approximate surface area is 111 Å². The lowest BCUT2D eigenvalue weighted by molar-refractivity contribution is 1.26. The molecular formula is C16H12ClN. The summed E-state index contributed by atoms with van der Waals surface area (Å²) in [6.45, 7) is 2.01. The third-order valence-corrected chi connectivity index (χ3v) is 3.22. The van der Waals surface area contributed by atoms with E-state index in [1.54, 1.807) is 0 Å². The number of nitrogens with zero attached hydrogens (tertiary/aromatic N) is 1. The highest BCUT2D eigenvalue weighted by Crippen LogP contribution is 2.30. The van der Waals surface area contributed by atoms with E-state index < -0.39 is 0 Å². The Hall–Kier alpha value is -1.86. The van der Waals surface area contributed by atoms with Crippen molar-refractivity contribution >= 4 is 22.5 Å². The predicted molar refractivity (Wildman–Crippen MR) is 76.9 cm³/mol. The van der Waals surface area contributed by atoms with E-state index in [2.05, 4.69) is 23.2 Å². The van der Waals surface area contributed by atoms with Crippen molar-refractivity contribution in [2.24, 2.45) is 0 Å². The summed E-state index contributed by atoms with van der Waals surface area (Å²) >= 11 is 6.09. The fourth-order valence-corrected chi connectivity index (χ4v) is 2.36. The summed E-state index contributed by atoms with van der Waals surface area (Å²) < 4.78 is 0. The molecule has 0 saturated carbocycles. The fraction of sp³-hybridized carbons (Fsp3) is 0.0625. The molecule has 3 aromatic rings. The Morgan fingerprint density at radius 1 is 0.944 bits per heavy atom. The van der Waals surface area contributed by atoms with Gasteiger partial charge in [-0.1, -0.05) is 41.9 Å². The van der Waals surface area contributed by atoms with Gasteiger partial charge in [-0.25, -0.2) is 0 Å². The largest absolute Gasteiger partial charge is 0.253 e. The second kappa shape index (κ2) is 4.43. The molecule has 1 aromatic heterocycles. The average molecular weight is 254 g/mol. The number of benzene rings is 2. The Balaban J connectivity index is 2.37. The number of hydrogen-bond acceptors (Lipinski definition) is 1. The molecule has 0 aliphatic heterocycles. The Bertz CT molecular complexity index is 705. The van der Waals surface area contributed by atoms with Crippen LogP contribution in [0.1, 0.15) is 5.69 Å². The maximum atomic E-state index is 6.09. The third kappa shape index (κ3) is 1.98. The molecule has 18 heavy (non-hydrogen) atoms. The van der Waals surface area contributed by atoms with E-state index in [4.69, 9.17) is 11.6 Å². The summed E-state index contributed by atoms with van der Waals surface area (Å²) in [6, 6.07) is 18.3. The Morgan fingerprint density at radius 3 is 2.50 bits per heavy atom. The molecule has 3 rings (SSSR count). The van der Waals surface area contributed by atoms with Gasteiger partial charge in [0.2, 0.25) is 0 Å². The summed E-state index contributed by atoms with van der Waals surface area (Å²) in [4.78, 5) is 4.54. The molecule has 0 bridgehead atoms. The van der Waals surface area contributed by atoms with Crippen molar-refractivity contribution in [3.63, 3.8) is 0 Å². The van der Waals surface area contributed by atoms with Gasteiger partial charge >= 0.3 is 0 Å². The van der Waals surface area contributed by atoms with Gasteiger partial charge in [-0.05, 0) is 42.3 Å². The van der Waals surface area contributed by atoms with Crippen molar-refractivity contribution in [2.75, 3.05) is 0 Å². The van der Waals surface area contributed by atoms with Crippen LogP contribution in [0.5, 0.6) is 0 Å². The van der Waals surface area contributed by atoms with Gasteiger partial charge in [-0.3, -0.25) is 4.98 Å². The number of aryl methyl sites for hydroxylation is 1. The highest BCUT2D eigenvalue weighted by atomic mass is 35.5. The molecule has 2 aromatic carbocycles. The molecule has 1 nitrogen and oxygen atoms in total. The summed E-state index contributed by atoms with van der Waals surface area (Å²) in [6.07, 6.45) is 0. The topological polar surface area (TPSA) is 12.9 Å². The second-order valence-corrected chi connectivity index (χ2v) is 4.78. The standard InChI is InChI=1S/C16H12ClN/c1-11-9-14(12-5-3-2-4-6-12)15-10-13(17)7-8-16(15)18-11/h2-10H,1H3. The second-order valence-electron chi connectivity index (χ2n) is 4.34. The number of pyridine rings is 1. The first-order valence-electron chi connectivity index (χ1n) is 5.86. The van der Waals surface area contributed by atoms with Gasteiger partial charge in [0, 0.05) is 16.1 Å². The van der Waals surface area contributed by atoms with E-state index in [1.807, 2.05) is 43.3 Å². The molecule has 2 heteroatoms. The summed E-state index contributed by atoms with van der Waals surface area (Å²) in [5.74, 6) is 0. The smallest absolute Gasteiger partial charge is 0.0712 e. The van der Waals surface area contributed by atoms with Gasteiger partial charge in [0.1, 0.15) is 0 Å². The number of aromatic nitrogens is 1. The molecule has 0 radical (unpaired) electrons. The van der Waals surface area contributed by atoms with E-state index in [0.717, 1.165) is 21.6 Å². The molecule has 0 saturated heterocycles. The minimum Gasteiger partial charge on any atom is -0.253 e. The Kier molecular flexibility index (Phi) is 2.77. The molecule has 0 spiro atoms. The van der Waals surface area contributed by atoms with Crippen molar-refractivity contribution in [1.82, 2.24) is 4.98 Å². The van der Waals surface area contributed by atoms with Gasteiger partial charge < -0.3 is 0 Å². The molecule has 0 amide bonds. The first kappa shape index (κ1) is 11.2. The molecule has 0 fully saturated rings. The van der Waals surface area contributed by atoms with E-state index >= 15 is 0 Å². The lowest BCUT2D eigenvalue weighted by Crippen LogP contribution is -1.88. The number of fused-ring (bicyclic) bond motifs is 1. The average Bonchev–Trinajstić information content (AvgIpc) is 2.39. The van der Waals surface area contributed by atoms with Crippen LogP contribution in [-0.2, 0) is 0 Å². The molecule has 0 N–H and O–H groups in total. The first-order valence-corrected chi connectivity index (χ1v) is 6.24. The van der Waals surface area contributed by atoms with Crippen LogP contribution in [0, 0.1) is 6.92 Å². The molecule has 0 aliphatic carbocycles. The van der Waals surface area contributed by atoms with Crippen molar-refractivity contribution in [2.45, 2.75) is 6.92 Å². The fourth-order valence-electron chi connectivity index (χ4n) is 2.19. The minimum atomic E-state index is 0.741. The van der Waals surface area contributed by atoms with Crippen molar-refractivity contribution < 1.29 is 0 Å². The van der Waals surface area contributed by atoms with E-state index in [1.165, 1.54) is 11.1 Å². The van der Waals surface area contributed by atoms with Gasteiger partial charge in [0.15, 0.2) is 0 Å². The third-order valence-electron chi connectivity index (χ3n) is 2.98. The SMILES string of the molecule is Cc1cc(-c2ccccc2)c2cc(Cl)ccc2n1.